The first kappa shape index (κ1) is 34.3. The van der Waals surface area contributed by atoms with Gasteiger partial charge in [0.2, 0.25) is 11.7 Å². The maximum atomic E-state index is 14.7. The van der Waals surface area contributed by atoms with Gasteiger partial charge in [-0.1, -0.05) is 78.1 Å². The number of ketones is 1. The van der Waals surface area contributed by atoms with Crippen LogP contribution in [0.15, 0.2) is 24.3 Å². The molecule has 3 aliphatic carbocycles. The molecule has 4 unspecified atom stereocenters. The van der Waals surface area contributed by atoms with Gasteiger partial charge in [-0.05, 0) is 64.9 Å². The minimum atomic E-state index is -1.25. The predicted octanol–water partition coefficient (Wildman–Crippen LogP) is 2.13. The average molecular weight is 640 g/mol. The molecule has 11 nitrogen and oxygen atoms in total. The molecule has 4 aliphatic rings. The molecule has 6 N–H and O–H groups in total. The van der Waals surface area contributed by atoms with Crippen LogP contribution in [0.25, 0.3) is 0 Å². The third kappa shape index (κ3) is 6.96. The van der Waals surface area contributed by atoms with E-state index < -0.39 is 42.1 Å². The van der Waals surface area contributed by atoms with Crippen LogP contribution >= 0.6 is 0 Å². The summed E-state index contributed by atoms with van der Waals surface area (Å²) < 4.78 is 5.38. The number of carbonyl (C=O) groups excluding carboxylic acids is 4. The van der Waals surface area contributed by atoms with Gasteiger partial charge in [0, 0.05) is 13.7 Å². The SMILES string of the molecule is COC[C@@H](NC(=O)NC(C(=O)N1C[C@H]2[C@@H](C1C(O)NC(CC1CCC1)C(=O)C(N)=O)C2(C)C)C1Cc2ccccc2C1)C(C)(C)C. The molecule has 0 radical (unpaired) electrons. The molecule has 2 saturated carbocycles. The highest BCUT2D eigenvalue weighted by atomic mass is 16.5. The molecule has 0 aromatic heterocycles. The van der Waals surface area contributed by atoms with Gasteiger partial charge < -0.3 is 31.1 Å². The average Bonchev–Trinajstić information content (AvgIpc) is 3.33. The van der Waals surface area contributed by atoms with Crippen LogP contribution in [0.5, 0.6) is 0 Å². The minimum absolute atomic E-state index is 0.00536. The zero-order chi connectivity index (χ0) is 33.6. The summed E-state index contributed by atoms with van der Waals surface area (Å²) in [6.45, 7) is 11.1. The number of carbonyl (C=O) groups is 4. The van der Waals surface area contributed by atoms with Crippen molar-refractivity contribution in [3.8, 4) is 0 Å². The molecular formula is C35H53N5O6. The first-order valence-corrected chi connectivity index (χ1v) is 16.8. The van der Waals surface area contributed by atoms with Gasteiger partial charge in [0.05, 0.1) is 24.7 Å². The van der Waals surface area contributed by atoms with Gasteiger partial charge in [0.25, 0.3) is 5.91 Å². The predicted molar refractivity (Wildman–Crippen MR) is 173 cm³/mol. The largest absolute Gasteiger partial charge is 0.383 e. The Kier molecular flexibility index (Phi) is 9.88. The number of aliphatic hydroxyl groups excluding tert-OH is 1. The summed E-state index contributed by atoms with van der Waals surface area (Å²) in [5.74, 6) is -1.77. The lowest BCUT2D eigenvalue weighted by molar-refractivity contribution is -0.142. The molecule has 0 bridgehead atoms. The van der Waals surface area contributed by atoms with E-state index >= 15 is 0 Å². The standard InChI is InChI=1S/C35H53N5O6/c1-34(2,3)25(18-46-6)38-33(45)39-27(22-15-20-12-7-8-13-21(20)16-22)32(44)40-17-23-26(35(23,4)5)28(40)31(43)37-24(29(41)30(36)42)14-19-10-9-11-19/h7-8,12-13,19,22-28,31,37,43H,9-11,14-18H2,1-6H3,(H2,36,42)(H2,38,39,45)/t23-,24?,25+,26-,27?,28?,31?/m0/s1. The van der Waals surface area contributed by atoms with Crippen molar-refractivity contribution in [1.29, 1.82) is 0 Å². The zero-order valence-corrected chi connectivity index (χ0v) is 28.2. The van der Waals surface area contributed by atoms with E-state index in [0.29, 0.717) is 32.4 Å². The van der Waals surface area contributed by atoms with Crippen molar-refractivity contribution in [2.75, 3.05) is 20.3 Å². The lowest BCUT2D eigenvalue weighted by atomic mass is 9.80. The van der Waals surface area contributed by atoms with E-state index in [-0.39, 0.29) is 46.5 Å². The molecule has 1 saturated heterocycles. The van der Waals surface area contributed by atoms with Gasteiger partial charge in [-0.3, -0.25) is 19.7 Å². The van der Waals surface area contributed by atoms with E-state index in [2.05, 4.69) is 41.9 Å². The van der Waals surface area contributed by atoms with Crippen LogP contribution in [0, 0.1) is 34.5 Å². The van der Waals surface area contributed by atoms with Gasteiger partial charge >= 0.3 is 6.03 Å². The van der Waals surface area contributed by atoms with Crippen LogP contribution in [0.3, 0.4) is 0 Å². The number of likely N-dealkylation sites (tertiary alicyclic amines) is 1. The van der Waals surface area contributed by atoms with Crippen molar-refractivity contribution in [3.05, 3.63) is 35.4 Å². The number of rotatable bonds is 13. The Bertz CT molecular complexity index is 1300. The molecule has 7 atom stereocenters. The van der Waals surface area contributed by atoms with Gasteiger partial charge in [-0.2, -0.15) is 0 Å². The normalized spacial score (nSPS) is 26.2. The number of methoxy groups -OCH3 is 1. The Labute approximate surface area is 272 Å². The topological polar surface area (TPSA) is 163 Å². The molecule has 1 aromatic carbocycles. The quantitative estimate of drug-likeness (QED) is 0.163. The summed E-state index contributed by atoms with van der Waals surface area (Å²) in [4.78, 5) is 54.7. The van der Waals surface area contributed by atoms with Gasteiger partial charge in [-0.15, -0.1) is 0 Å². The summed E-state index contributed by atoms with van der Waals surface area (Å²) in [5.41, 5.74) is 7.33. The molecular weight excluding hydrogens is 586 g/mol. The third-order valence-electron chi connectivity index (χ3n) is 11.4. The monoisotopic (exact) mass is 639 g/mol. The summed E-state index contributed by atoms with van der Waals surface area (Å²) in [5, 5.41) is 20.8. The number of hydrogen-bond donors (Lipinski definition) is 5. The van der Waals surface area contributed by atoms with E-state index in [9.17, 15) is 24.3 Å². The molecule has 3 fully saturated rings. The maximum Gasteiger partial charge on any atom is 0.315 e. The smallest absolute Gasteiger partial charge is 0.315 e. The molecule has 1 aliphatic heterocycles. The van der Waals surface area contributed by atoms with E-state index in [1.807, 2.05) is 32.9 Å². The lowest BCUT2D eigenvalue weighted by Crippen LogP contribution is -2.62. The zero-order valence-electron chi connectivity index (χ0n) is 28.2. The van der Waals surface area contributed by atoms with Crippen molar-refractivity contribution in [1.82, 2.24) is 20.9 Å². The number of amides is 4. The number of nitrogens with zero attached hydrogens (tertiary/aromatic N) is 1. The highest BCUT2D eigenvalue weighted by Gasteiger charge is 2.69. The molecule has 0 spiro atoms. The minimum Gasteiger partial charge on any atom is -0.383 e. The Morgan fingerprint density at radius 2 is 1.72 bits per heavy atom. The Hall–Kier alpha value is -3.02. The van der Waals surface area contributed by atoms with E-state index in [1.54, 1.807) is 12.0 Å². The van der Waals surface area contributed by atoms with Crippen molar-refractivity contribution >= 4 is 23.6 Å². The number of nitrogens with two attached hydrogens (primary N) is 1. The number of piperidine rings is 1. The molecule has 254 valence electrons. The number of ether oxygens (including phenoxy) is 1. The first-order chi connectivity index (χ1) is 21.6. The number of hydrogen-bond acceptors (Lipinski definition) is 7. The molecule has 4 amide bonds. The number of aliphatic hydroxyl groups is 1. The number of benzene rings is 1. The van der Waals surface area contributed by atoms with Crippen molar-refractivity contribution in [3.63, 3.8) is 0 Å². The van der Waals surface area contributed by atoms with Crippen molar-refractivity contribution in [2.45, 2.75) is 104 Å². The molecule has 1 heterocycles. The van der Waals surface area contributed by atoms with Crippen molar-refractivity contribution < 1.29 is 29.0 Å². The highest BCUT2D eigenvalue weighted by Crippen LogP contribution is 2.65. The van der Waals surface area contributed by atoms with E-state index in [1.165, 1.54) is 0 Å². The Balaban J connectivity index is 1.39. The van der Waals surface area contributed by atoms with Gasteiger partial charge in [0.15, 0.2) is 0 Å². The molecule has 5 rings (SSSR count). The van der Waals surface area contributed by atoms with Crippen LogP contribution < -0.4 is 21.7 Å². The number of primary amides is 1. The number of Topliss-reactive ketones (excluding diaryl/α,β-unsaturated/α-hetero) is 1. The summed E-state index contributed by atoms with van der Waals surface area (Å²) in [6, 6.07) is 4.96. The van der Waals surface area contributed by atoms with Gasteiger partial charge in [0.1, 0.15) is 12.3 Å². The maximum absolute atomic E-state index is 14.7. The first-order valence-electron chi connectivity index (χ1n) is 16.8. The van der Waals surface area contributed by atoms with Crippen LogP contribution in [-0.4, -0.2) is 84.3 Å². The number of fused-ring (bicyclic) bond motifs is 2. The van der Waals surface area contributed by atoms with Crippen molar-refractivity contribution in [2.24, 2.45) is 40.2 Å². The summed E-state index contributed by atoms with van der Waals surface area (Å²) in [6.07, 6.45) is 3.44. The second kappa shape index (κ2) is 13.2. The fourth-order valence-corrected chi connectivity index (χ4v) is 8.14. The highest BCUT2D eigenvalue weighted by molar-refractivity contribution is 6.37. The van der Waals surface area contributed by atoms with Crippen LogP contribution in [0.2, 0.25) is 0 Å². The Morgan fingerprint density at radius 1 is 1.09 bits per heavy atom. The molecule has 1 aromatic rings. The Morgan fingerprint density at radius 3 is 2.24 bits per heavy atom. The fourth-order valence-electron chi connectivity index (χ4n) is 8.14. The fraction of sp³-hybridized carbons (Fsp3) is 0.714. The summed E-state index contributed by atoms with van der Waals surface area (Å²) in [7, 11) is 1.59. The van der Waals surface area contributed by atoms with Crippen LogP contribution in [-0.2, 0) is 32.0 Å². The van der Waals surface area contributed by atoms with E-state index in [0.717, 1.165) is 30.4 Å². The second-order valence-corrected chi connectivity index (χ2v) is 15.8. The lowest BCUT2D eigenvalue weighted by Gasteiger charge is -2.39. The third-order valence-corrected chi connectivity index (χ3v) is 11.4. The molecule has 11 heteroatoms. The van der Waals surface area contributed by atoms with Crippen LogP contribution in [0.1, 0.15) is 71.4 Å². The number of nitrogens with one attached hydrogen (secondary N) is 3. The van der Waals surface area contributed by atoms with Crippen LogP contribution in [0.4, 0.5) is 4.79 Å². The number of urea groups is 1. The second-order valence-electron chi connectivity index (χ2n) is 15.8. The summed E-state index contributed by atoms with van der Waals surface area (Å²) >= 11 is 0. The molecule has 46 heavy (non-hydrogen) atoms. The van der Waals surface area contributed by atoms with Gasteiger partial charge in [-0.25, -0.2) is 4.79 Å². The van der Waals surface area contributed by atoms with E-state index in [4.69, 9.17) is 10.5 Å².